The van der Waals surface area contributed by atoms with Gasteiger partial charge in [-0.25, -0.2) is 9.37 Å². The lowest BCUT2D eigenvalue weighted by molar-refractivity contribution is 0.0949. The molecule has 1 aromatic heterocycles. The van der Waals surface area contributed by atoms with Crippen LogP contribution in [0.25, 0.3) is 0 Å². The number of pyridine rings is 1. The number of rotatable bonds is 8. The monoisotopic (exact) mass is 367 g/mol. The maximum absolute atomic E-state index is 12.9. The van der Waals surface area contributed by atoms with Gasteiger partial charge in [-0.15, -0.1) is 0 Å². The van der Waals surface area contributed by atoms with E-state index in [1.54, 1.807) is 30.0 Å². The summed E-state index contributed by atoms with van der Waals surface area (Å²) in [5, 5.41) is 6.21. The first kappa shape index (κ1) is 19.1. The fourth-order valence-electron chi connectivity index (χ4n) is 3.19. The lowest BCUT2D eigenvalue weighted by atomic mass is 9.97. The van der Waals surface area contributed by atoms with Crippen molar-refractivity contribution >= 4 is 11.6 Å². The van der Waals surface area contributed by atoms with E-state index in [1.165, 1.54) is 37.8 Å². The van der Waals surface area contributed by atoms with Crippen molar-refractivity contribution in [3.63, 3.8) is 0 Å². The van der Waals surface area contributed by atoms with Crippen molar-refractivity contribution in [2.24, 2.45) is 0 Å². The van der Waals surface area contributed by atoms with Gasteiger partial charge < -0.3 is 10.6 Å². The van der Waals surface area contributed by atoms with Crippen molar-refractivity contribution < 1.29 is 9.18 Å². The van der Waals surface area contributed by atoms with Crippen LogP contribution in [-0.2, 0) is 6.42 Å². The maximum atomic E-state index is 12.9. The molecule has 2 aromatic rings. The van der Waals surface area contributed by atoms with Crippen LogP contribution in [0.4, 0.5) is 10.1 Å². The Balaban J connectivity index is 1.40. The molecule has 1 amide bonds. The topological polar surface area (TPSA) is 54.0 Å². The second kappa shape index (κ2) is 9.86. The predicted octanol–water partition coefficient (Wildman–Crippen LogP) is 4.50. The van der Waals surface area contributed by atoms with E-state index in [4.69, 9.17) is 0 Å². The van der Waals surface area contributed by atoms with Crippen molar-refractivity contribution in [1.29, 1.82) is 0 Å². The lowest BCUT2D eigenvalue weighted by Gasteiger charge is -2.13. The summed E-state index contributed by atoms with van der Waals surface area (Å²) in [6, 6.07) is 9.92. The maximum Gasteiger partial charge on any atom is 0.269 e. The molecule has 0 spiro atoms. The number of nitrogens with one attached hydrogen (secondary N) is 2. The Labute approximate surface area is 159 Å². The van der Waals surface area contributed by atoms with Crippen molar-refractivity contribution in [2.45, 2.75) is 38.5 Å². The summed E-state index contributed by atoms with van der Waals surface area (Å²) in [6.07, 6.45) is 10.8. The van der Waals surface area contributed by atoms with E-state index in [9.17, 15) is 9.18 Å². The molecule has 142 valence electrons. The standard InChI is InChI=1S/C22H26FN3O/c23-19-8-6-18(7-9-19)13-15-25-22(27)21-11-10-20(16-26-21)24-14-12-17-4-2-1-3-5-17/h4,6-11,16,24H,1-3,5,12-15H2,(H,25,27). The number of aromatic nitrogens is 1. The van der Waals surface area contributed by atoms with Crippen LogP contribution in [0.5, 0.6) is 0 Å². The van der Waals surface area contributed by atoms with Crippen molar-refractivity contribution in [1.82, 2.24) is 10.3 Å². The van der Waals surface area contributed by atoms with Gasteiger partial charge in [0.2, 0.25) is 0 Å². The molecule has 1 aliphatic carbocycles. The molecule has 0 radical (unpaired) electrons. The van der Waals surface area contributed by atoms with Crippen LogP contribution < -0.4 is 10.6 Å². The first-order valence-electron chi connectivity index (χ1n) is 9.61. The molecule has 4 nitrogen and oxygen atoms in total. The molecule has 1 aromatic carbocycles. The van der Waals surface area contributed by atoms with Crippen LogP contribution >= 0.6 is 0 Å². The van der Waals surface area contributed by atoms with E-state index < -0.39 is 0 Å². The Kier molecular flexibility index (Phi) is 6.97. The Bertz CT molecular complexity index is 769. The van der Waals surface area contributed by atoms with Gasteiger partial charge in [-0.05, 0) is 68.4 Å². The highest BCUT2D eigenvalue weighted by Crippen LogP contribution is 2.20. The minimum atomic E-state index is -0.254. The van der Waals surface area contributed by atoms with Gasteiger partial charge in [-0.2, -0.15) is 0 Å². The number of halogens is 1. The number of benzene rings is 1. The fraction of sp³-hybridized carbons (Fsp3) is 0.364. The van der Waals surface area contributed by atoms with Gasteiger partial charge in [0.05, 0.1) is 11.9 Å². The summed E-state index contributed by atoms with van der Waals surface area (Å²) < 4.78 is 12.9. The van der Waals surface area contributed by atoms with Gasteiger partial charge in [0.1, 0.15) is 11.5 Å². The number of carbonyl (C=O) groups is 1. The number of anilines is 1. The normalized spacial score (nSPS) is 13.7. The Morgan fingerprint density at radius 2 is 1.89 bits per heavy atom. The molecule has 0 bridgehead atoms. The van der Waals surface area contributed by atoms with E-state index in [0.29, 0.717) is 18.7 Å². The average Bonchev–Trinajstić information content (AvgIpc) is 2.71. The molecule has 2 N–H and O–H groups in total. The number of amides is 1. The molecule has 27 heavy (non-hydrogen) atoms. The van der Waals surface area contributed by atoms with E-state index in [1.807, 2.05) is 6.07 Å². The zero-order valence-electron chi connectivity index (χ0n) is 15.5. The molecule has 5 heteroatoms. The number of nitrogens with zero attached hydrogens (tertiary/aromatic N) is 1. The first-order valence-corrected chi connectivity index (χ1v) is 9.61. The molecule has 3 rings (SSSR count). The third-order valence-corrected chi connectivity index (χ3v) is 4.77. The van der Waals surface area contributed by atoms with Gasteiger partial charge >= 0.3 is 0 Å². The van der Waals surface area contributed by atoms with E-state index >= 15 is 0 Å². The summed E-state index contributed by atoms with van der Waals surface area (Å²) in [7, 11) is 0. The van der Waals surface area contributed by atoms with Crippen molar-refractivity contribution in [3.05, 3.63) is 71.3 Å². The van der Waals surface area contributed by atoms with Gasteiger partial charge in [0.25, 0.3) is 5.91 Å². The van der Waals surface area contributed by atoms with Gasteiger partial charge in [0, 0.05) is 13.1 Å². The quantitative estimate of drug-likeness (QED) is 0.676. The van der Waals surface area contributed by atoms with E-state index in [0.717, 1.165) is 24.2 Å². The SMILES string of the molecule is O=C(NCCc1ccc(F)cc1)c1ccc(NCCC2=CCCCC2)cn1. The highest BCUT2D eigenvalue weighted by Gasteiger charge is 2.07. The fourth-order valence-corrected chi connectivity index (χ4v) is 3.19. The van der Waals surface area contributed by atoms with Gasteiger partial charge in [-0.1, -0.05) is 23.8 Å². The molecule has 0 unspecified atom stereocenters. The summed E-state index contributed by atoms with van der Waals surface area (Å²) in [6.45, 7) is 1.37. The Hall–Kier alpha value is -2.69. The zero-order valence-corrected chi connectivity index (χ0v) is 15.5. The summed E-state index contributed by atoms with van der Waals surface area (Å²) in [5.74, 6) is -0.452. The minimum absolute atomic E-state index is 0.198. The number of allylic oxidation sites excluding steroid dienone is 1. The number of hydrogen-bond donors (Lipinski definition) is 2. The Morgan fingerprint density at radius 1 is 1.04 bits per heavy atom. The molecule has 0 aliphatic heterocycles. The largest absolute Gasteiger partial charge is 0.383 e. The summed E-state index contributed by atoms with van der Waals surface area (Å²) in [4.78, 5) is 16.4. The van der Waals surface area contributed by atoms with Crippen molar-refractivity contribution in [3.8, 4) is 0 Å². The molecule has 0 fully saturated rings. The average molecular weight is 367 g/mol. The summed E-state index contributed by atoms with van der Waals surface area (Å²) in [5.41, 5.74) is 3.85. The van der Waals surface area contributed by atoms with E-state index in [2.05, 4.69) is 21.7 Å². The highest BCUT2D eigenvalue weighted by molar-refractivity contribution is 5.92. The second-order valence-electron chi connectivity index (χ2n) is 6.85. The molecule has 0 saturated carbocycles. The van der Waals surface area contributed by atoms with Gasteiger partial charge in [0.15, 0.2) is 0 Å². The molecule has 0 atom stereocenters. The lowest BCUT2D eigenvalue weighted by Crippen LogP contribution is -2.26. The van der Waals surface area contributed by atoms with E-state index in [-0.39, 0.29) is 11.7 Å². The van der Waals surface area contributed by atoms with Crippen LogP contribution in [0.3, 0.4) is 0 Å². The third kappa shape index (κ3) is 6.20. The van der Waals surface area contributed by atoms with Crippen LogP contribution in [0.2, 0.25) is 0 Å². The smallest absolute Gasteiger partial charge is 0.269 e. The molecule has 0 saturated heterocycles. The van der Waals surface area contributed by atoms with Crippen LogP contribution in [0.1, 0.15) is 48.2 Å². The van der Waals surface area contributed by atoms with Crippen LogP contribution in [0.15, 0.2) is 54.2 Å². The molecule has 1 aliphatic rings. The number of carbonyl (C=O) groups excluding carboxylic acids is 1. The second-order valence-corrected chi connectivity index (χ2v) is 6.85. The van der Waals surface area contributed by atoms with Gasteiger partial charge in [-0.3, -0.25) is 4.79 Å². The minimum Gasteiger partial charge on any atom is -0.383 e. The first-order chi connectivity index (χ1) is 13.2. The number of hydrogen-bond acceptors (Lipinski definition) is 3. The molecule has 1 heterocycles. The van der Waals surface area contributed by atoms with Crippen molar-refractivity contribution in [2.75, 3.05) is 18.4 Å². The summed E-state index contributed by atoms with van der Waals surface area (Å²) >= 11 is 0. The molecular weight excluding hydrogens is 341 g/mol. The third-order valence-electron chi connectivity index (χ3n) is 4.77. The van der Waals surface area contributed by atoms with Crippen LogP contribution in [0, 0.1) is 5.82 Å². The molecular formula is C22H26FN3O. The zero-order chi connectivity index (χ0) is 18.9. The predicted molar refractivity (Wildman–Crippen MR) is 106 cm³/mol. The Morgan fingerprint density at radius 3 is 2.59 bits per heavy atom. The van der Waals surface area contributed by atoms with Crippen LogP contribution in [-0.4, -0.2) is 24.0 Å². The highest BCUT2D eigenvalue weighted by atomic mass is 19.1.